The van der Waals surface area contributed by atoms with E-state index in [1.54, 1.807) is 12.1 Å². The van der Waals surface area contributed by atoms with Crippen LogP contribution in [-0.2, 0) is 11.2 Å². The molecular weight excluding hydrogens is 336 g/mol. The van der Waals surface area contributed by atoms with E-state index in [2.05, 4.69) is 10.6 Å². The lowest BCUT2D eigenvalue weighted by Crippen LogP contribution is -2.43. The van der Waals surface area contributed by atoms with Crippen molar-refractivity contribution in [3.05, 3.63) is 28.8 Å². The van der Waals surface area contributed by atoms with Crippen LogP contribution < -0.4 is 15.4 Å². The van der Waals surface area contributed by atoms with Crippen LogP contribution in [0.1, 0.15) is 52.0 Å². The molecule has 26 heavy (non-hydrogen) atoms. The van der Waals surface area contributed by atoms with Crippen molar-refractivity contribution >= 4 is 11.9 Å². The highest BCUT2D eigenvalue weighted by Crippen LogP contribution is 2.30. The number of carbonyl (C=O) groups excluding carboxylic acids is 2. The molecule has 0 aliphatic carbocycles. The Bertz CT molecular complexity index is 670. The summed E-state index contributed by atoms with van der Waals surface area (Å²) in [6.07, 6.45) is 3.82. The third-order valence-corrected chi connectivity index (χ3v) is 4.99. The molecule has 2 heterocycles. The Morgan fingerprint density at radius 3 is 2.96 bits per heavy atom. The normalized spacial score (nSPS) is 20.5. The molecule has 0 aromatic heterocycles. The number of nitrogens with one attached hydrogen (secondary N) is 2. The van der Waals surface area contributed by atoms with Crippen molar-refractivity contribution in [2.75, 3.05) is 26.8 Å². The van der Waals surface area contributed by atoms with Crippen LogP contribution in [0.2, 0.25) is 0 Å². The van der Waals surface area contributed by atoms with E-state index in [-0.39, 0.29) is 18.5 Å². The summed E-state index contributed by atoms with van der Waals surface area (Å²) < 4.78 is 10.6. The average Bonchev–Trinajstić information content (AvgIpc) is 3.10. The van der Waals surface area contributed by atoms with Crippen LogP contribution in [0, 0.1) is 0 Å². The molecule has 142 valence electrons. The lowest BCUT2D eigenvalue weighted by atomic mass is 9.98. The third-order valence-electron chi connectivity index (χ3n) is 4.99. The zero-order valence-electron chi connectivity index (χ0n) is 15.0. The molecule has 7 nitrogen and oxygen atoms in total. The van der Waals surface area contributed by atoms with Crippen LogP contribution in [-0.4, -0.2) is 55.9 Å². The number of ether oxygens (including phenoxy) is 2. The number of carbonyl (C=O) groups is 2. The summed E-state index contributed by atoms with van der Waals surface area (Å²) in [5, 5.41) is 16.1. The lowest BCUT2D eigenvalue weighted by molar-refractivity contribution is 0.0599. The molecule has 0 spiro atoms. The van der Waals surface area contributed by atoms with Crippen LogP contribution in [0.3, 0.4) is 0 Å². The molecule has 2 aliphatic heterocycles. The highest BCUT2D eigenvalue weighted by molar-refractivity contribution is 5.99. The number of rotatable bonds is 5. The van der Waals surface area contributed by atoms with Crippen molar-refractivity contribution in [2.45, 2.75) is 44.2 Å². The number of benzene rings is 1. The zero-order valence-corrected chi connectivity index (χ0v) is 15.0. The smallest absolute Gasteiger partial charge is 0.338 e. The maximum atomic E-state index is 12.5. The highest BCUT2D eigenvalue weighted by Gasteiger charge is 2.25. The van der Waals surface area contributed by atoms with E-state index in [0.717, 1.165) is 37.8 Å². The van der Waals surface area contributed by atoms with E-state index in [1.165, 1.54) is 7.11 Å². The Balaban J connectivity index is 1.76. The van der Waals surface area contributed by atoms with Crippen LogP contribution in [0.25, 0.3) is 0 Å². The molecule has 3 N–H and O–H groups in total. The predicted octanol–water partition coefficient (Wildman–Crippen LogP) is 1.03. The molecule has 2 aliphatic rings. The van der Waals surface area contributed by atoms with Gasteiger partial charge in [-0.25, -0.2) is 4.79 Å². The summed E-state index contributed by atoms with van der Waals surface area (Å²) in [6.45, 7) is 1.60. The number of hydrogen-bond donors (Lipinski definition) is 3. The summed E-state index contributed by atoms with van der Waals surface area (Å²) in [7, 11) is 1.32. The van der Waals surface area contributed by atoms with Gasteiger partial charge in [-0.05, 0) is 50.8 Å². The molecule has 0 radical (unpaired) electrons. The summed E-state index contributed by atoms with van der Waals surface area (Å²) >= 11 is 0. The summed E-state index contributed by atoms with van der Waals surface area (Å²) in [6, 6.07) is 3.23. The Morgan fingerprint density at radius 1 is 1.38 bits per heavy atom. The van der Waals surface area contributed by atoms with Crippen molar-refractivity contribution < 1.29 is 24.2 Å². The molecule has 0 bridgehead atoms. The second-order valence-corrected chi connectivity index (χ2v) is 6.78. The Hall–Kier alpha value is -2.12. The predicted molar refractivity (Wildman–Crippen MR) is 95.6 cm³/mol. The van der Waals surface area contributed by atoms with Gasteiger partial charge < -0.3 is 25.2 Å². The maximum Gasteiger partial charge on any atom is 0.338 e. The fraction of sp³-hybridized carbons (Fsp3) is 0.579. The summed E-state index contributed by atoms with van der Waals surface area (Å²) in [5.41, 5.74) is 1.49. The van der Waals surface area contributed by atoms with E-state index < -0.39 is 12.1 Å². The van der Waals surface area contributed by atoms with Crippen LogP contribution in [0.4, 0.5) is 0 Å². The van der Waals surface area contributed by atoms with Crippen LogP contribution >= 0.6 is 0 Å². The minimum Gasteiger partial charge on any atom is -0.493 e. The molecule has 1 fully saturated rings. The Kier molecular flexibility index (Phi) is 6.11. The molecule has 1 aromatic rings. The number of methoxy groups -OCH3 is 1. The lowest BCUT2D eigenvalue weighted by Gasteiger charge is -2.19. The van der Waals surface area contributed by atoms with Crippen LogP contribution in [0.5, 0.6) is 5.75 Å². The molecule has 2 unspecified atom stereocenters. The van der Waals surface area contributed by atoms with E-state index >= 15 is 0 Å². The van der Waals surface area contributed by atoms with Gasteiger partial charge in [0.25, 0.3) is 5.91 Å². The number of fused-ring (bicyclic) bond motifs is 1. The van der Waals surface area contributed by atoms with Crippen molar-refractivity contribution in [1.82, 2.24) is 10.6 Å². The van der Waals surface area contributed by atoms with Gasteiger partial charge >= 0.3 is 5.97 Å². The van der Waals surface area contributed by atoms with Crippen molar-refractivity contribution in [1.29, 1.82) is 0 Å². The van der Waals surface area contributed by atoms with Gasteiger partial charge in [-0.15, -0.1) is 0 Å². The maximum absolute atomic E-state index is 12.5. The first-order valence-corrected chi connectivity index (χ1v) is 9.18. The Labute approximate surface area is 153 Å². The van der Waals surface area contributed by atoms with Gasteiger partial charge in [-0.1, -0.05) is 0 Å². The van der Waals surface area contributed by atoms with Gasteiger partial charge in [0.2, 0.25) is 0 Å². The SMILES string of the molecule is COC(=O)c1cc(C(=O)NCC(O)C2CCCN2)cc2c1CCCCO2. The molecule has 3 rings (SSSR count). The third kappa shape index (κ3) is 4.16. The number of hydrogen-bond acceptors (Lipinski definition) is 6. The van der Waals surface area contributed by atoms with Crippen molar-refractivity contribution in [3.8, 4) is 5.75 Å². The van der Waals surface area contributed by atoms with Gasteiger partial charge in [-0.3, -0.25) is 4.79 Å². The zero-order chi connectivity index (χ0) is 18.5. The minimum atomic E-state index is -0.640. The standard InChI is InChI=1S/C19H26N2O5/c1-25-19(24)14-9-12(10-17-13(14)5-2-3-8-26-17)18(23)21-11-16(22)15-6-4-7-20-15/h9-10,15-16,20,22H,2-8,11H2,1H3,(H,21,23). The van der Waals surface area contributed by atoms with Gasteiger partial charge in [0, 0.05) is 23.7 Å². The Morgan fingerprint density at radius 2 is 2.23 bits per heavy atom. The quantitative estimate of drug-likeness (QED) is 0.677. The fourth-order valence-electron chi connectivity index (χ4n) is 3.52. The number of aliphatic hydroxyl groups is 1. The van der Waals surface area contributed by atoms with E-state index in [1.807, 2.05) is 0 Å². The summed E-state index contributed by atoms with van der Waals surface area (Å²) in [5.74, 6) is -0.256. The van der Waals surface area contributed by atoms with Gasteiger partial charge in [0.15, 0.2) is 0 Å². The first-order valence-electron chi connectivity index (χ1n) is 9.18. The second kappa shape index (κ2) is 8.51. The van der Waals surface area contributed by atoms with Gasteiger partial charge in [0.1, 0.15) is 5.75 Å². The van der Waals surface area contributed by atoms with E-state index in [9.17, 15) is 14.7 Å². The number of amides is 1. The average molecular weight is 362 g/mol. The minimum absolute atomic E-state index is 0.0105. The monoisotopic (exact) mass is 362 g/mol. The van der Waals surface area contributed by atoms with E-state index in [4.69, 9.17) is 9.47 Å². The van der Waals surface area contributed by atoms with Gasteiger partial charge in [0.05, 0.1) is 25.4 Å². The molecule has 7 heteroatoms. The topological polar surface area (TPSA) is 96.9 Å². The molecule has 2 atom stereocenters. The van der Waals surface area contributed by atoms with Crippen molar-refractivity contribution in [3.63, 3.8) is 0 Å². The summed E-state index contributed by atoms with van der Waals surface area (Å²) in [4.78, 5) is 24.7. The fourth-order valence-corrected chi connectivity index (χ4v) is 3.52. The number of aliphatic hydroxyl groups excluding tert-OH is 1. The van der Waals surface area contributed by atoms with Crippen molar-refractivity contribution in [2.24, 2.45) is 0 Å². The molecule has 1 saturated heterocycles. The molecular formula is C19H26N2O5. The molecule has 1 aromatic carbocycles. The largest absolute Gasteiger partial charge is 0.493 e. The number of esters is 1. The first-order chi connectivity index (χ1) is 12.6. The van der Waals surface area contributed by atoms with Crippen LogP contribution in [0.15, 0.2) is 12.1 Å². The molecule has 0 saturated carbocycles. The van der Waals surface area contributed by atoms with Gasteiger partial charge in [-0.2, -0.15) is 0 Å². The second-order valence-electron chi connectivity index (χ2n) is 6.78. The van der Waals surface area contributed by atoms with E-state index in [0.29, 0.717) is 29.9 Å². The molecule has 1 amide bonds. The highest BCUT2D eigenvalue weighted by atomic mass is 16.5. The first kappa shape index (κ1) is 18.7.